The molecule has 0 aliphatic carbocycles. The van der Waals surface area contributed by atoms with E-state index >= 15 is 0 Å². The molecule has 0 saturated carbocycles. The molecule has 31 heavy (non-hydrogen) atoms. The molecule has 0 atom stereocenters. The van der Waals surface area contributed by atoms with Gasteiger partial charge in [0.1, 0.15) is 11.5 Å². The van der Waals surface area contributed by atoms with Gasteiger partial charge in [0.15, 0.2) is 0 Å². The topological polar surface area (TPSA) is 56.8 Å². The fourth-order valence-corrected chi connectivity index (χ4v) is 2.58. The van der Waals surface area contributed by atoms with Crippen LogP contribution in [-0.4, -0.2) is 37.7 Å². The maximum atomic E-state index is 13.7. The lowest BCUT2D eigenvalue weighted by Gasteiger charge is -2.37. The second-order valence-electron chi connectivity index (χ2n) is 6.20. The Labute approximate surface area is 173 Å². The third-order valence-electron chi connectivity index (χ3n) is 4.13. The number of halogens is 6. The number of carbonyl (C=O) groups is 1. The lowest BCUT2D eigenvalue weighted by atomic mass is 10.1. The number of carbonyl (C=O) groups excluding carboxylic acids is 1. The Balaban J connectivity index is 2.41. The largest absolute Gasteiger partial charge is 0.497 e. The monoisotopic (exact) mass is 451 g/mol. The van der Waals surface area contributed by atoms with Crippen LogP contribution in [0, 0.1) is 0 Å². The molecule has 0 fully saturated rings. The highest BCUT2D eigenvalue weighted by molar-refractivity contribution is 5.97. The van der Waals surface area contributed by atoms with Crippen molar-refractivity contribution in [3.8, 4) is 11.5 Å². The van der Waals surface area contributed by atoms with Crippen LogP contribution in [0.15, 0.2) is 48.5 Å². The van der Waals surface area contributed by atoms with Gasteiger partial charge in [0, 0.05) is 0 Å². The van der Waals surface area contributed by atoms with E-state index in [1.54, 1.807) is 6.92 Å². The third kappa shape index (κ3) is 5.40. The van der Waals surface area contributed by atoms with Gasteiger partial charge in [0.25, 0.3) is 5.91 Å². The van der Waals surface area contributed by atoms with Gasteiger partial charge in [-0.1, -0.05) is 24.3 Å². The molecular formula is C20H19F6NO4. The molecule has 0 heterocycles. The lowest BCUT2D eigenvalue weighted by molar-refractivity contribution is -0.391. The predicted molar refractivity (Wildman–Crippen MR) is 97.7 cm³/mol. The van der Waals surface area contributed by atoms with E-state index < -0.39 is 36.2 Å². The van der Waals surface area contributed by atoms with Crippen molar-refractivity contribution in [3.63, 3.8) is 0 Å². The van der Waals surface area contributed by atoms with Crippen LogP contribution in [-0.2, 0) is 11.3 Å². The van der Waals surface area contributed by atoms with Gasteiger partial charge in [-0.15, -0.1) is 0 Å². The van der Waals surface area contributed by atoms with Crippen LogP contribution in [0.2, 0.25) is 0 Å². The molecule has 1 N–H and O–H groups in total. The van der Waals surface area contributed by atoms with E-state index in [1.807, 2.05) is 0 Å². The summed E-state index contributed by atoms with van der Waals surface area (Å²) in [5.74, 6) is -1.48. The summed E-state index contributed by atoms with van der Waals surface area (Å²) < 4.78 is 96.6. The Bertz CT molecular complexity index is 866. The van der Waals surface area contributed by atoms with Gasteiger partial charge in [-0.2, -0.15) is 26.3 Å². The number of alkyl halides is 6. The fraction of sp³-hybridized carbons (Fsp3) is 0.350. The molecule has 0 aliphatic heterocycles. The van der Waals surface area contributed by atoms with Crippen LogP contribution >= 0.6 is 0 Å². The number of rotatable bonds is 8. The molecule has 0 aliphatic rings. The van der Waals surface area contributed by atoms with Crippen molar-refractivity contribution in [2.45, 2.75) is 31.6 Å². The highest BCUT2D eigenvalue weighted by Gasteiger charge is 2.74. The molecule has 2 rings (SSSR count). The van der Waals surface area contributed by atoms with Crippen molar-refractivity contribution in [1.82, 2.24) is 5.32 Å². The predicted octanol–water partition coefficient (Wildman–Crippen LogP) is 4.86. The molecule has 170 valence electrons. The van der Waals surface area contributed by atoms with E-state index in [9.17, 15) is 31.1 Å². The van der Waals surface area contributed by atoms with E-state index in [1.165, 1.54) is 49.6 Å². The van der Waals surface area contributed by atoms with E-state index in [2.05, 4.69) is 4.74 Å². The van der Waals surface area contributed by atoms with Crippen LogP contribution in [0.25, 0.3) is 0 Å². The minimum Gasteiger partial charge on any atom is -0.497 e. The summed E-state index contributed by atoms with van der Waals surface area (Å²) in [6, 6.07) is 10.2. The number of para-hydroxylation sites is 1. The average molecular weight is 451 g/mol. The third-order valence-corrected chi connectivity index (χ3v) is 4.13. The van der Waals surface area contributed by atoms with Crippen LogP contribution in [0.5, 0.6) is 11.5 Å². The highest BCUT2D eigenvalue weighted by atomic mass is 19.4. The second-order valence-corrected chi connectivity index (χ2v) is 6.20. The molecule has 0 saturated heterocycles. The Hall–Kier alpha value is -2.95. The van der Waals surface area contributed by atoms with Gasteiger partial charge < -0.3 is 19.5 Å². The molecule has 2 aromatic carbocycles. The van der Waals surface area contributed by atoms with E-state index in [-0.39, 0.29) is 17.9 Å². The Kier molecular flexibility index (Phi) is 7.42. The Morgan fingerprint density at radius 2 is 1.52 bits per heavy atom. The number of benzene rings is 2. The van der Waals surface area contributed by atoms with Gasteiger partial charge in [-0.05, 0) is 36.8 Å². The minimum atomic E-state index is -6.02. The number of hydrogen-bond donors (Lipinski definition) is 1. The lowest BCUT2D eigenvalue weighted by Crippen LogP contribution is -2.69. The van der Waals surface area contributed by atoms with E-state index in [4.69, 9.17) is 9.47 Å². The smallest absolute Gasteiger partial charge is 0.446 e. The van der Waals surface area contributed by atoms with Gasteiger partial charge in [-0.3, -0.25) is 4.79 Å². The van der Waals surface area contributed by atoms with Crippen molar-refractivity contribution >= 4 is 5.91 Å². The number of ether oxygens (including phenoxy) is 3. The SMILES string of the molecule is CCOc1ccccc1C(=O)NC(OCc1ccc(OC)cc1)(C(F)(F)F)C(F)(F)F. The van der Waals surface area contributed by atoms with Gasteiger partial charge in [0.2, 0.25) is 0 Å². The number of methoxy groups -OCH3 is 1. The molecule has 2 aromatic rings. The zero-order valence-electron chi connectivity index (χ0n) is 16.4. The minimum absolute atomic E-state index is 0.00244. The molecule has 5 nitrogen and oxygen atoms in total. The van der Waals surface area contributed by atoms with Crippen LogP contribution in [0.4, 0.5) is 26.3 Å². The molecular weight excluding hydrogens is 432 g/mol. The molecule has 0 radical (unpaired) electrons. The first-order valence-electron chi connectivity index (χ1n) is 8.90. The summed E-state index contributed by atoms with van der Waals surface area (Å²) in [6.45, 7) is 0.501. The van der Waals surface area contributed by atoms with Crippen LogP contribution in [0.3, 0.4) is 0 Å². The molecule has 11 heteroatoms. The average Bonchev–Trinajstić information content (AvgIpc) is 2.70. The summed E-state index contributed by atoms with van der Waals surface area (Å²) in [5, 5.41) is 1.00. The summed E-state index contributed by atoms with van der Waals surface area (Å²) in [4.78, 5) is 12.5. The van der Waals surface area contributed by atoms with Gasteiger partial charge in [-0.25, -0.2) is 0 Å². The fourth-order valence-electron chi connectivity index (χ4n) is 2.58. The molecule has 0 aromatic heterocycles. The standard InChI is InChI=1S/C20H19F6NO4/c1-3-30-16-7-5-4-6-15(16)17(28)27-18(19(21,22)23,20(24,25)26)31-12-13-8-10-14(29-2)11-9-13/h4-11H,3,12H2,1-2H3,(H,27,28). The molecule has 0 bridgehead atoms. The van der Waals surface area contributed by atoms with Crippen molar-refractivity contribution in [3.05, 3.63) is 59.7 Å². The number of nitrogens with one attached hydrogen (secondary N) is 1. The first kappa shape index (κ1) is 24.3. The van der Waals surface area contributed by atoms with Crippen molar-refractivity contribution in [2.75, 3.05) is 13.7 Å². The molecule has 0 spiro atoms. The molecule has 1 amide bonds. The van der Waals surface area contributed by atoms with Crippen molar-refractivity contribution < 1.29 is 45.3 Å². The van der Waals surface area contributed by atoms with Gasteiger partial charge >= 0.3 is 18.1 Å². The van der Waals surface area contributed by atoms with Crippen LogP contribution in [0.1, 0.15) is 22.8 Å². The maximum absolute atomic E-state index is 13.7. The first-order chi connectivity index (χ1) is 14.4. The summed E-state index contributed by atoms with van der Waals surface area (Å²) in [7, 11) is 1.35. The van der Waals surface area contributed by atoms with Crippen molar-refractivity contribution in [1.29, 1.82) is 0 Å². The van der Waals surface area contributed by atoms with E-state index in [0.717, 1.165) is 11.4 Å². The summed E-state index contributed by atoms with van der Waals surface area (Å²) >= 11 is 0. The quantitative estimate of drug-likeness (QED) is 0.460. The normalized spacial score (nSPS) is 12.4. The summed E-state index contributed by atoms with van der Waals surface area (Å²) in [6.07, 6.45) is -12.0. The maximum Gasteiger partial charge on any atom is 0.446 e. The van der Waals surface area contributed by atoms with Crippen LogP contribution < -0.4 is 14.8 Å². The first-order valence-corrected chi connectivity index (χ1v) is 8.90. The van der Waals surface area contributed by atoms with Crippen molar-refractivity contribution in [2.24, 2.45) is 0 Å². The van der Waals surface area contributed by atoms with E-state index in [0.29, 0.717) is 5.75 Å². The number of amides is 1. The highest BCUT2D eigenvalue weighted by Crippen LogP contribution is 2.45. The summed E-state index contributed by atoms with van der Waals surface area (Å²) in [5.41, 5.74) is -5.45. The van der Waals surface area contributed by atoms with Gasteiger partial charge in [0.05, 0.1) is 25.9 Å². The molecule has 0 unspecified atom stereocenters. The Morgan fingerprint density at radius 3 is 2.03 bits per heavy atom. The Morgan fingerprint density at radius 1 is 0.935 bits per heavy atom. The second kappa shape index (κ2) is 9.46. The zero-order valence-corrected chi connectivity index (χ0v) is 16.4. The number of hydrogen-bond acceptors (Lipinski definition) is 4. The zero-order chi connectivity index (χ0) is 23.3.